The van der Waals surface area contributed by atoms with E-state index in [4.69, 9.17) is 23.2 Å². The lowest BCUT2D eigenvalue weighted by atomic mass is 10.1. The van der Waals surface area contributed by atoms with Crippen LogP contribution in [0.5, 0.6) is 0 Å². The van der Waals surface area contributed by atoms with Gasteiger partial charge in [0, 0.05) is 10.6 Å². The summed E-state index contributed by atoms with van der Waals surface area (Å²) in [6.45, 7) is 0. The Balaban J connectivity index is 1.83. The molecule has 0 radical (unpaired) electrons. The Hall–Kier alpha value is -0.770. The zero-order valence-electron chi connectivity index (χ0n) is 9.34. The first-order valence-electron chi connectivity index (χ1n) is 5.63. The quantitative estimate of drug-likeness (QED) is 0.794. The molecule has 0 saturated heterocycles. The van der Waals surface area contributed by atoms with Gasteiger partial charge in [0.25, 0.3) is 0 Å². The van der Waals surface area contributed by atoms with Crippen molar-refractivity contribution in [3.8, 4) is 0 Å². The van der Waals surface area contributed by atoms with E-state index in [1.807, 2.05) is 6.07 Å². The first-order valence-corrected chi connectivity index (χ1v) is 7.20. The van der Waals surface area contributed by atoms with Crippen molar-refractivity contribution in [2.24, 2.45) is 0 Å². The SMILES string of the molecule is Fc1cc(NC2CCc3sc(Cl)cc32)ccc1Cl. The molecule has 94 valence electrons. The van der Waals surface area contributed by atoms with Crippen molar-refractivity contribution in [3.63, 3.8) is 0 Å². The zero-order chi connectivity index (χ0) is 12.7. The number of aryl methyl sites for hydroxylation is 1. The molecule has 1 N–H and O–H groups in total. The fourth-order valence-electron chi connectivity index (χ4n) is 2.27. The topological polar surface area (TPSA) is 12.0 Å². The van der Waals surface area contributed by atoms with Crippen LogP contribution >= 0.6 is 34.5 Å². The summed E-state index contributed by atoms with van der Waals surface area (Å²) in [6.07, 6.45) is 2.04. The van der Waals surface area contributed by atoms with Crippen LogP contribution in [0, 0.1) is 5.82 Å². The molecule has 1 aromatic carbocycles. The molecule has 1 unspecified atom stereocenters. The summed E-state index contributed by atoms with van der Waals surface area (Å²) >= 11 is 13.3. The molecule has 18 heavy (non-hydrogen) atoms. The zero-order valence-corrected chi connectivity index (χ0v) is 11.7. The van der Waals surface area contributed by atoms with Crippen molar-refractivity contribution >= 4 is 40.2 Å². The lowest BCUT2D eigenvalue weighted by Gasteiger charge is -2.14. The number of nitrogens with one attached hydrogen (secondary N) is 1. The number of anilines is 1. The summed E-state index contributed by atoms with van der Waals surface area (Å²) in [6, 6.07) is 6.99. The second-order valence-electron chi connectivity index (χ2n) is 4.29. The van der Waals surface area contributed by atoms with Crippen molar-refractivity contribution < 1.29 is 4.39 Å². The summed E-state index contributed by atoms with van der Waals surface area (Å²) in [5, 5.41) is 3.47. The van der Waals surface area contributed by atoms with Crippen LogP contribution in [0.15, 0.2) is 24.3 Å². The van der Waals surface area contributed by atoms with Crippen LogP contribution < -0.4 is 5.32 Å². The van der Waals surface area contributed by atoms with Crippen molar-refractivity contribution in [1.82, 2.24) is 0 Å². The summed E-state index contributed by atoms with van der Waals surface area (Å²) < 4.78 is 14.2. The summed E-state index contributed by atoms with van der Waals surface area (Å²) in [5.74, 6) is -0.400. The van der Waals surface area contributed by atoms with Gasteiger partial charge in [0.15, 0.2) is 0 Å². The summed E-state index contributed by atoms with van der Waals surface area (Å²) in [4.78, 5) is 1.33. The molecule has 0 saturated carbocycles. The minimum Gasteiger partial charge on any atom is -0.378 e. The minimum atomic E-state index is -0.400. The maximum atomic E-state index is 13.4. The maximum Gasteiger partial charge on any atom is 0.143 e. The predicted octanol–water partition coefficient (Wildman–Crippen LogP) is 5.29. The van der Waals surface area contributed by atoms with Gasteiger partial charge in [0.2, 0.25) is 0 Å². The summed E-state index contributed by atoms with van der Waals surface area (Å²) in [5.41, 5.74) is 1.98. The normalized spacial score (nSPS) is 17.8. The number of rotatable bonds is 2. The van der Waals surface area contributed by atoms with Gasteiger partial charge in [-0.1, -0.05) is 23.2 Å². The first-order chi connectivity index (χ1) is 8.63. The van der Waals surface area contributed by atoms with E-state index in [0.29, 0.717) is 0 Å². The van der Waals surface area contributed by atoms with E-state index >= 15 is 0 Å². The number of hydrogen-bond acceptors (Lipinski definition) is 2. The van der Waals surface area contributed by atoms with Gasteiger partial charge in [-0.3, -0.25) is 0 Å². The van der Waals surface area contributed by atoms with Crippen LogP contribution in [-0.4, -0.2) is 0 Å². The minimum absolute atomic E-state index is 0.145. The predicted molar refractivity (Wildman–Crippen MR) is 75.4 cm³/mol. The molecule has 1 aliphatic rings. The van der Waals surface area contributed by atoms with Crippen LogP contribution in [0.1, 0.15) is 22.9 Å². The van der Waals surface area contributed by atoms with E-state index in [2.05, 4.69) is 5.32 Å². The molecule has 2 aromatic rings. The molecule has 0 spiro atoms. The molecule has 1 aromatic heterocycles. The van der Waals surface area contributed by atoms with E-state index in [9.17, 15) is 4.39 Å². The van der Waals surface area contributed by atoms with Gasteiger partial charge in [-0.05, 0) is 42.7 Å². The highest BCUT2D eigenvalue weighted by Crippen LogP contribution is 2.41. The highest BCUT2D eigenvalue weighted by atomic mass is 35.5. The number of thiophene rings is 1. The van der Waals surface area contributed by atoms with Crippen molar-refractivity contribution in [1.29, 1.82) is 0 Å². The van der Waals surface area contributed by atoms with Crippen molar-refractivity contribution in [2.45, 2.75) is 18.9 Å². The van der Waals surface area contributed by atoms with Crippen LogP contribution in [-0.2, 0) is 6.42 Å². The van der Waals surface area contributed by atoms with E-state index < -0.39 is 5.82 Å². The Morgan fingerprint density at radius 2 is 2.11 bits per heavy atom. The third-order valence-electron chi connectivity index (χ3n) is 3.11. The van der Waals surface area contributed by atoms with Gasteiger partial charge in [-0.2, -0.15) is 0 Å². The maximum absolute atomic E-state index is 13.4. The van der Waals surface area contributed by atoms with E-state index in [1.54, 1.807) is 23.5 Å². The monoisotopic (exact) mass is 301 g/mol. The van der Waals surface area contributed by atoms with Gasteiger partial charge >= 0.3 is 0 Å². The molecule has 1 atom stereocenters. The average molecular weight is 302 g/mol. The van der Waals surface area contributed by atoms with Gasteiger partial charge < -0.3 is 5.32 Å². The molecule has 1 nitrogen and oxygen atoms in total. The highest BCUT2D eigenvalue weighted by Gasteiger charge is 2.25. The van der Waals surface area contributed by atoms with E-state index in [0.717, 1.165) is 22.9 Å². The highest BCUT2D eigenvalue weighted by molar-refractivity contribution is 7.16. The largest absolute Gasteiger partial charge is 0.378 e. The van der Waals surface area contributed by atoms with E-state index in [1.165, 1.54) is 16.5 Å². The Labute approximate surface area is 119 Å². The number of halogens is 3. The smallest absolute Gasteiger partial charge is 0.143 e. The second kappa shape index (κ2) is 4.72. The average Bonchev–Trinajstić information content (AvgIpc) is 2.85. The Morgan fingerprint density at radius 3 is 2.89 bits per heavy atom. The van der Waals surface area contributed by atoms with Gasteiger partial charge in [-0.15, -0.1) is 11.3 Å². The second-order valence-corrected chi connectivity index (χ2v) is 6.47. The molecule has 0 amide bonds. The molecular formula is C13H10Cl2FNS. The Morgan fingerprint density at radius 1 is 1.28 bits per heavy atom. The van der Waals surface area contributed by atoms with Gasteiger partial charge in [0.1, 0.15) is 5.82 Å². The summed E-state index contributed by atoms with van der Waals surface area (Å²) in [7, 11) is 0. The molecule has 3 rings (SSSR count). The van der Waals surface area contributed by atoms with Crippen LogP contribution in [0.4, 0.5) is 10.1 Å². The Bertz CT molecular complexity index is 597. The van der Waals surface area contributed by atoms with Crippen molar-refractivity contribution in [3.05, 3.63) is 49.9 Å². The molecule has 0 aliphatic heterocycles. The van der Waals surface area contributed by atoms with Crippen molar-refractivity contribution in [2.75, 3.05) is 5.32 Å². The number of fused-ring (bicyclic) bond motifs is 1. The lowest BCUT2D eigenvalue weighted by Crippen LogP contribution is -2.06. The molecule has 1 aliphatic carbocycles. The number of hydrogen-bond donors (Lipinski definition) is 1. The third kappa shape index (κ3) is 2.22. The standard InChI is InChI=1S/C13H10Cl2FNS/c14-9-2-1-7(5-10(9)16)17-11-3-4-12-8(11)6-13(15)18-12/h1-2,5-6,11,17H,3-4H2. The third-order valence-corrected chi connectivity index (χ3v) is 4.75. The first kappa shape index (κ1) is 12.3. The molecule has 0 fully saturated rings. The van der Waals surface area contributed by atoms with Crippen LogP contribution in [0.2, 0.25) is 9.36 Å². The van der Waals surface area contributed by atoms with Crippen LogP contribution in [0.3, 0.4) is 0 Å². The lowest BCUT2D eigenvalue weighted by molar-refractivity contribution is 0.628. The molecular weight excluding hydrogens is 292 g/mol. The number of benzene rings is 1. The molecule has 1 heterocycles. The molecule has 0 bridgehead atoms. The fraction of sp³-hybridized carbons (Fsp3) is 0.231. The van der Waals surface area contributed by atoms with Crippen LogP contribution in [0.25, 0.3) is 0 Å². The van der Waals surface area contributed by atoms with Gasteiger partial charge in [-0.25, -0.2) is 4.39 Å². The molecule has 5 heteroatoms. The fourth-order valence-corrected chi connectivity index (χ4v) is 3.74. The van der Waals surface area contributed by atoms with Gasteiger partial charge in [0.05, 0.1) is 15.4 Å². The Kier molecular flexibility index (Phi) is 3.22. The van der Waals surface area contributed by atoms with E-state index in [-0.39, 0.29) is 11.1 Å².